The summed E-state index contributed by atoms with van der Waals surface area (Å²) in [6, 6.07) is 20.3. The zero-order valence-electron chi connectivity index (χ0n) is 10.5. The molecule has 1 fully saturated rings. The largest absolute Gasteiger partial charge is 0.294 e. The molecule has 0 bridgehead atoms. The van der Waals surface area contributed by atoms with Gasteiger partial charge in [0, 0.05) is 5.41 Å². The molecule has 2 aromatic carbocycles. The number of carbonyl (C=O) groups excluding carboxylic acids is 1. The maximum Gasteiger partial charge on any atom is 0.238 e. The molecule has 0 saturated heterocycles. The fourth-order valence-corrected chi connectivity index (χ4v) is 2.96. The van der Waals surface area contributed by atoms with E-state index in [1.54, 1.807) is 0 Å². The first-order chi connectivity index (χ1) is 9.29. The molecule has 2 aromatic rings. The van der Waals surface area contributed by atoms with Crippen molar-refractivity contribution in [2.24, 2.45) is 11.8 Å². The Kier molecular flexibility index (Phi) is 2.84. The van der Waals surface area contributed by atoms with Crippen LogP contribution in [-0.4, -0.2) is 5.91 Å². The van der Waals surface area contributed by atoms with Crippen LogP contribution >= 0.6 is 0 Å². The Labute approximate surface area is 112 Å². The van der Waals surface area contributed by atoms with Gasteiger partial charge in [0.1, 0.15) is 0 Å². The predicted molar refractivity (Wildman–Crippen MR) is 74.1 cm³/mol. The van der Waals surface area contributed by atoms with Crippen molar-refractivity contribution in [1.29, 1.82) is 0 Å². The van der Waals surface area contributed by atoms with Crippen molar-refractivity contribution in [2.45, 2.75) is 11.8 Å². The summed E-state index contributed by atoms with van der Waals surface area (Å²) in [6.07, 6.45) is 0.810. The second kappa shape index (κ2) is 4.52. The SMILES string of the molecule is NNC(=O)[C@@H]1CC1(c1ccccc1)c1ccccc1. The lowest BCUT2D eigenvalue weighted by Crippen LogP contribution is -2.34. The first kappa shape index (κ1) is 11.9. The van der Waals surface area contributed by atoms with E-state index in [4.69, 9.17) is 5.84 Å². The summed E-state index contributed by atoms with van der Waals surface area (Å²) in [5.41, 5.74) is 4.42. The molecule has 1 amide bonds. The van der Waals surface area contributed by atoms with Crippen LogP contribution < -0.4 is 11.3 Å². The molecule has 0 spiro atoms. The van der Waals surface area contributed by atoms with Gasteiger partial charge in [0.15, 0.2) is 0 Å². The maximum atomic E-state index is 11.9. The highest BCUT2D eigenvalue weighted by atomic mass is 16.2. The minimum Gasteiger partial charge on any atom is -0.294 e. The molecule has 0 heterocycles. The third-order valence-corrected chi connectivity index (χ3v) is 4.00. The van der Waals surface area contributed by atoms with Gasteiger partial charge in [0.25, 0.3) is 0 Å². The number of hydrazine groups is 1. The van der Waals surface area contributed by atoms with Gasteiger partial charge in [-0.3, -0.25) is 10.2 Å². The molecule has 0 unspecified atom stereocenters. The Morgan fingerprint density at radius 1 is 1.00 bits per heavy atom. The van der Waals surface area contributed by atoms with E-state index in [0.29, 0.717) is 0 Å². The van der Waals surface area contributed by atoms with Crippen molar-refractivity contribution in [2.75, 3.05) is 0 Å². The van der Waals surface area contributed by atoms with E-state index in [1.165, 1.54) is 11.1 Å². The van der Waals surface area contributed by atoms with Gasteiger partial charge < -0.3 is 0 Å². The highest BCUT2D eigenvalue weighted by molar-refractivity contribution is 5.85. The molecule has 1 aliphatic rings. The smallest absolute Gasteiger partial charge is 0.238 e. The van der Waals surface area contributed by atoms with Crippen LogP contribution in [0.25, 0.3) is 0 Å². The minimum atomic E-state index is -0.216. The Balaban J connectivity index is 2.07. The fourth-order valence-electron chi connectivity index (χ4n) is 2.96. The lowest BCUT2D eigenvalue weighted by atomic mass is 9.85. The zero-order valence-corrected chi connectivity index (χ0v) is 10.5. The Hall–Kier alpha value is -2.13. The van der Waals surface area contributed by atoms with Crippen molar-refractivity contribution >= 4 is 5.91 Å². The number of nitrogens with one attached hydrogen (secondary N) is 1. The summed E-state index contributed by atoms with van der Waals surface area (Å²) in [7, 11) is 0. The Morgan fingerprint density at radius 2 is 1.47 bits per heavy atom. The predicted octanol–water partition coefficient (Wildman–Crippen LogP) is 1.98. The van der Waals surface area contributed by atoms with Gasteiger partial charge in [0.2, 0.25) is 5.91 Å². The third kappa shape index (κ3) is 1.83. The molecule has 3 nitrogen and oxygen atoms in total. The molecule has 1 saturated carbocycles. The molecule has 96 valence electrons. The second-order valence-electron chi connectivity index (χ2n) is 4.97. The van der Waals surface area contributed by atoms with Crippen molar-refractivity contribution in [3.05, 3.63) is 71.8 Å². The average Bonchev–Trinajstić information content (AvgIpc) is 3.25. The lowest BCUT2D eigenvalue weighted by molar-refractivity contribution is -0.122. The molecule has 0 aromatic heterocycles. The molecule has 3 N–H and O–H groups in total. The van der Waals surface area contributed by atoms with Crippen LogP contribution in [0.2, 0.25) is 0 Å². The summed E-state index contributed by atoms with van der Waals surface area (Å²) in [6.45, 7) is 0. The Bertz CT molecular complexity index is 541. The van der Waals surface area contributed by atoms with Crippen LogP contribution in [0.5, 0.6) is 0 Å². The van der Waals surface area contributed by atoms with Crippen molar-refractivity contribution in [1.82, 2.24) is 5.43 Å². The molecule has 0 radical (unpaired) electrons. The highest BCUT2D eigenvalue weighted by Crippen LogP contribution is 2.58. The van der Waals surface area contributed by atoms with Gasteiger partial charge in [-0.15, -0.1) is 0 Å². The number of rotatable bonds is 3. The number of carbonyl (C=O) groups is 1. The van der Waals surface area contributed by atoms with Crippen LogP contribution in [0.3, 0.4) is 0 Å². The van der Waals surface area contributed by atoms with Crippen LogP contribution in [0.1, 0.15) is 17.5 Å². The minimum absolute atomic E-state index is 0.0812. The van der Waals surface area contributed by atoms with E-state index in [2.05, 4.69) is 29.7 Å². The average molecular weight is 252 g/mol. The van der Waals surface area contributed by atoms with Crippen LogP contribution in [0, 0.1) is 5.92 Å². The number of nitrogens with two attached hydrogens (primary N) is 1. The second-order valence-corrected chi connectivity index (χ2v) is 4.97. The molecule has 3 rings (SSSR count). The fraction of sp³-hybridized carbons (Fsp3) is 0.188. The van der Waals surface area contributed by atoms with E-state index in [1.807, 2.05) is 36.4 Å². The lowest BCUT2D eigenvalue weighted by Gasteiger charge is -2.18. The van der Waals surface area contributed by atoms with E-state index in [9.17, 15) is 4.79 Å². The van der Waals surface area contributed by atoms with Gasteiger partial charge in [-0.1, -0.05) is 60.7 Å². The summed E-state index contributed by atoms with van der Waals surface area (Å²) in [5.74, 6) is 5.12. The normalized spacial score (nSPS) is 19.7. The van der Waals surface area contributed by atoms with Crippen molar-refractivity contribution in [3.63, 3.8) is 0 Å². The van der Waals surface area contributed by atoms with Gasteiger partial charge in [-0.05, 0) is 17.5 Å². The molecular weight excluding hydrogens is 236 g/mol. The molecule has 3 heteroatoms. The van der Waals surface area contributed by atoms with Crippen LogP contribution in [-0.2, 0) is 10.2 Å². The quantitative estimate of drug-likeness (QED) is 0.498. The van der Waals surface area contributed by atoms with Gasteiger partial charge in [-0.25, -0.2) is 5.84 Å². The van der Waals surface area contributed by atoms with E-state index >= 15 is 0 Å². The maximum absolute atomic E-state index is 11.9. The Morgan fingerprint density at radius 3 is 1.89 bits per heavy atom. The molecule has 19 heavy (non-hydrogen) atoms. The van der Waals surface area contributed by atoms with Gasteiger partial charge >= 0.3 is 0 Å². The molecular formula is C16H16N2O. The van der Waals surface area contributed by atoms with E-state index in [-0.39, 0.29) is 17.2 Å². The molecule has 1 aliphatic carbocycles. The van der Waals surface area contributed by atoms with Crippen molar-refractivity contribution in [3.8, 4) is 0 Å². The van der Waals surface area contributed by atoms with Gasteiger partial charge in [0.05, 0.1) is 5.92 Å². The topological polar surface area (TPSA) is 55.1 Å². The summed E-state index contributed by atoms with van der Waals surface area (Å²) in [4.78, 5) is 11.9. The number of hydrogen-bond donors (Lipinski definition) is 2. The zero-order chi connectivity index (χ0) is 13.3. The van der Waals surface area contributed by atoms with Crippen LogP contribution in [0.15, 0.2) is 60.7 Å². The third-order valence-electron chi connectivity index (χ3n) is 4.00. The first-order valence-corrected chi connectivity index (χ1v) is 6.40. The molecule has 0 aliphatic heterocycles. The standard InChI is InChI=1S/C16H16N2O/c17-18-15(19)14-11-16(14,12-7-3-1-4-8-12)13-9-5-2-6-10-13/h1-10,14H,11,17H2,(H,18,19)/t14-/m0/s1. The number of hydrogen-bond acceptors (Lipinski definition) is 2. The highest BCUT2D eigenvalue weighted by Gasteiger charge is 2.60. The summed E-state index contributed by atoms with van der Waals surface area (Å²) in [5, 5.41) is 0. The number of amides is 1. The monoisotopic (exact) mass is 252 g/mol. The summed E-state index contributed by atoms with van der Waals surface area (Å²) >= 11 is 0. The number of benzene rings is 2. The van der Waals surface area contributed by atoms with E-state index < -0.39 is 0 Å². The first-order valence-electron chi connectivity index (χ1n) is 6.40. The molecule has 1 atom stereocenters. The van der Waals surface area contributed by atoms with Gasteiger partial charge in [-0.2, -0.15) is 0 Å². The van der Waals surface area contributed by atoms with Crippen LogP contribution in [0.4, 0.5) is 0 Å². The van der Waals surface area contributed by atoms with Crippen molar-refractivity contribution < 1.29 is 4.79 Å². The van der Waals surface area contributed by atoms with E-state index in [0.717, 1.165) is 6.42 Å². The summed E-state index contributed by atoms with van der Waals surface area (Å²) < 4.78 is 0.